The SMILES string of the molecule is O=S(CCCCCOc1ccc(C2=C(c3ccccc3)CCCc3ccccc32)cc1)CCCC(F)(F)C(F)(F)F. The average molecular weight is 591 g/mol. The number of ether oxygens (including phenoxy) is 1. The molecule has 0 saturated carbocycles. The van der Waals surface area contributed by atoms with Crippen LogP contribution in [0.5, 0.6) is 5.75 Å². The first-order chi connectivity index (χ1) is 19.7. The first kappa shape index (κ1) is 30.9. The van der Waals surface area contributed by atoms with Crippen molar-refractivity contribution in [3.8, 4) is 5.75 Å². The van der Waals surface area contributed by atoms with Crippen molar-refractivity contribution in [2.75, 3.05) is 18.1 Å². The number of unbranched alkanes of at least 4 members (excludes halogenated alkanes) is 2. The number of halogens is 5. The lowest BCUT2D eigenvalue weighted by atomic mass is 9.88. The Morgan fingerprint density at radius 2 is 1.39 bits per heavy atom. The van der Waals surface area contributed by atoms with Crippen molar-refractivity contribution in [2.45, 2.75) is 63.5 Å². The van der Waals surface area contributed by atoms with E-state index in [9.17, 15) is 26.2 Å². The maximum atomic E-state index is 13.0. The van der Waals surface area contributed by atoms with Gasteiger partial charge in [0.2, 0.25) is 0 Å². The molecule has 1 aliphatic carbocycles. The molecule has 220 valence electrons. The van der Waals surface area contributed by atoms with Crippen LogP contribution < -0.4 is 4.74 Å². The smallest absolute Gasteiger partial charge is 0.453 e. The van der Waals surface area contributed by atoms with Crippen LogP contribution in [0.3, 0.4) is 0 Å². The van der Waals surface area contributed by atoms with Gasteiger partial charge in [-0.2, -0.15) is 22.0 Å². The first-order valence-electron chi connectivity index (χ1n) is 14.1. The monoisotopic (exact) mass is 590 g/mol. The molecule has 0 aromatic heterocycles. The largest absolute Gasteiger partial charge is 0.494 e. The Balaban J connectivity index is 1.28. The van der Waals surface area contributed by atoms with Crippen LogP contribution in [0.4, 0.5) is 22.0 Å². The van der Waals surface area contributed by atoms with Crippen LogP contribution in [0, 0.1) is 0 Å². The normalized spacial score (nSPS) is 14.9. The molecule has 0 amide bonds. The number of alkyl halides is 5. The van der Waals surface area contributed by atoms with Crippen molar-refractivity contribution < 1.29 is 30.9 Å². The number of hydrogen-bond acceptors (Lipinski definition) is 2. The maximum absolute atomic E-state index is 13.0. The second-order valence-electron chi connectivity index (χ2n) is 10.3. The van der Waals surface area contributed by atoms with Gasteiger partial charge in [-0.25, -0.2) is 0 Å². The van der Waals surface area contributed by atoms with E-state index in [1.807, 2.05) is 18.2 Å². The summed E-state index contributed by atoms with van der Waals surface area (Å²) in [6.45, 7) is 0.477. The van der Waals surface area contributed by atoms with Gasteiger partial charge in [-0.05, 0) is 90.5 Å². The van der Waals surface area contributed by atoms with Crippen molar-refractivity contribution in [1.82, 2.24) is 0 Å². The summed E-state index contributed by atoms with van der Waals surface area (Å²) in [5.41, 5.74) is 7.60. The zero-order valence-electron chi connectivity index (χ0n) is 22.9. The first-order valence-corrected chi connectivity index (χ1v) is 15.5. The van der Waals surface area contributed by atoms with E-state index in [0.29, 0.717) is 13.0 Å². The maximum Gasteiger partial charge on any atom is 0.453 e. The Bertz CT molecular complexity index is 1320. The topological polar surface area (TPSA) is 26.3 Å². The van der Waals surface area contributed by atoms with Gasteiger partial charge >= 0.3 is 12.1 Å². The van der Waals surface area contributed by atoms with Gasteiger partial charge in [-0.3, -0.25) is 4.21 Å². The van der Waals surface area contributed by atoms with Crippen molar-refractivity contribution >= 4 is 21.9 Å². The predicted molar refractivity (Wildman–Crippen MR) is 156 cm³/mol. The third kappa shape index (κ3) is 8.51. The van der Waals surface area contributed by atoms with E-state index in [0.717, 1.165) is 43.4 Å². The Morgan fingerprint density at radius 3 is 2.12 bits per heavy atom. The summed E-state index contributed by atoms with van der Waals surface area (Å²) in [5.74, 6) is -3.84. The summed E-state index contributed by atoms with van der Waals surface area (Å²) in [6, 6.07) is 27.3. The summed E-state index contributed by atoms with van der Waals surface area (Å²) < 4.78 is 80.4. The Kier molecular flexibility index (Phi) is 10.8. The van der Waals surface area contributed by atoms with Gasteiger partial charge < -0.3 is 4.74 Å². The molecule has 4 rings (SSSR count). The number of benzene rings is 3. The molecule has 0 bridgehead atoms. The Labute approximate surface area is 241 Å². The van der Waals surface area contributed by atoms with Crippen LogP contribution in [0.1, 0.15) is 67.2 Å². The van der Waals surface area contributed by atoms with Gasteiger partial charge in [-0.1, -0.05) is 66.7 Å². The van der Waals surface area contributed by atoms with Crippen molar-refractivity contribution in [3.05, 3.63) is 101 Å². The van der Waals surface area contributed by atoms with Gasteiger partial charge in [0.05, 0.1) is 6.61 Å². The van der Waals surface area contributed by atoms with Gasteiger partial charge in [0.25, 0.3) is 0 Å². The number of hydrogen-bond donors (Lipinski definition) is 0. The highest BCUT2D eigenvalue weighted by Crippen LogP contribution is 2.40. The molecule has 1 aliphatic rings. The van der Waals surface area contributed by atoms with Gasteiger partial charge in [0, 0.05) is 28.7 Å². The zero-order valence-corrected chi connectivity index (χ0v) is 23.7. The second-order valence-corrected chi connectivity index (χ2v) is 12.0. The lowest BCUT2D eigenvalue weighted by Crippen LogP contribution is -2.36. The molecule has 3 aromatic rings. The van der Waals surface area contributed by atoms with E-state index in [4.69, 9.17) is 4.74 Å². The quantitative estimate of drug-likeness (QED) is 0.147. The lowest BCUT2D eigenvalue weighted by molar-refractivity contribution is -0.284. The fourth-order valence-electron chi connectivity index (χ4n) is 5.13. The van der Waals surface area contributed by atoms with E-state index < -0.39 is 35.7 Å². The minimum absolute atomic E-state index is 0.151. The van der Waals surface area contributed by atoms with E-state index in [1.165, 1.54) is 27.8 Å². The molecule has 1 atom stereocenters. The fraction of sp³-hybridized carbons (Fsp3) is 0.394. The van der Waals surface area contributed by atoms with Crippen LogP contribution in [-0.4, -0.2) is 34.4 Å². The molecular weight excluding hydrogens is 555 g/mol. The highest BCUT2D eigenvalue weighted by molar-refractivity contribution is 7.84. The standard InChI is InChI=1S/C33H35F5O2S/c34-32(35,33(36,37)38)21-10-24-41(39)23-8-2-7-22-40-28-19-17-27(18-20-28)31-29-15-6-5-13-26(29)14-9-16-30(31)25-11-3-1-4-12-25/h1,3-6,11-13,15,17-20H,2,7-10,14,16,21-24H2. The van der Waals surface area contributed by atoms with Crippen LogP contribution in [-0.2, 0) is 17.2 Å². The molecule has 0 saturated heterocycles. The minimum atomic E-state index is -5.56. The van der Waals surface area contributed by atoms with Crippen molar-refractivity contribution in [2.24, 2.45) is 0 Å². The highest BCUT2D eigenvalue weighted by Gasteiger charge is 2.56. The van der Waals surface area contributed by atoms with Crippen LogP contribution in [0.15, 0.2) is 78.9 Å². The van der Waals surface area contributed by atoms with E-state index in [-0.39, 0.29) is 11.5 Å². The molecule has 0 spiro atoms. The molecule has 3 aromatic carbocycles. The molecule has 8 heteroatoms. The van der Waals surface area contributed by atoms with Crippen LogP contribution >= 0.6 is 0 Å². The summed E-state index contributed by atoms with van der Waals surface area (Å²) in [6.07, 6.45) is -2.13. The average Bonchev–Trinajstić information content (AvgIpc) is 3.15. The van der Waals surface area contributed by atoms with Gasteiger partial charge in [0.15, 0.2) is 0 Å². The van der Waals surface area contributed by atoms with Crippen molar-refractivity contribution in [3.63, 3.8) is 0 Å². The molecule has 1 unspecified atom stereocenters. The minimum Gasteiger partial charge on any atom is -0.494 e. The second kappa shape index (κ2) is 14.3. The fourth-order valence-corrected chi connectivity index (χ4v) is 6.33. The Hall–Kier alpha value is -3.00. The molecule has 0 fully saturated rings. The lowest BCUT2D eigenvalue weighted by Gasteiger charge is -2.19. The number of rotatable bonds is 13. The summed E-state index contributed by atoms with van der Waals surface area (Å²) in [5, 5.41) is 0. The highest BCUT2D eigenvalue weighted by atomic mass is 32.2. The summed E-state index contributed by atoms with van der Waals surface area (Å²) in [7, 11) is -1.41. The molecule has 0 N–H and O–H groups in total. The molecular formula is C33H35F5O2S. The number of fused-ring (bicyclic) bond motifs is 1. The van der Waals surface area contributed by atoms with Crippen LogP contribution in [0.25, 0.3) is 11.1 Å². The molecule has 0 aliphatic heterocycles. The number of allylic oxidation sites excluding steroid dienone is 1. The molecule has 41 heavy (non-hydrogen) atoms. The zero-order chi connectivity index (χ0) is 29.3. The van der Waals surface area contributed by atoms with Crippen molar-refractivity contribution in [1.29, 1.82) is 0 Å². The van der Waals surface area contributed by atoms with Gasteiger partial charge in [0.1, 0.15) is 5.75 Å². The van der Waals surface area contributed by atoms with Crippen LogP contribution in [0.2, 0.25) is 0 Å². The van der Waals surface area contributed by atoms with E-state index in [1.54, 1.807) is 0 Å². The third-order valence-electron chi connectivity index (χ3n) is 7.29. The Morgan fingerprint density at radius 1 is 0.707 bits per heavy atom. The van der Waals surface area contributed by atoms with E-state index >= 15 is 0 Å². The van der Waals surface area contributed by atoms with Gasteiger partial charge in [-0.15, -0.1) is 0 Å². The molecule has 0 radical (unpaired) electrons. The predicted octanol–water partition coefficient (Wildman–Crippen LogP) is 9.26. The third-order valence-corrected chi connectivity index (χ3v) is 8.78. The van der Waals surface area contributed by atoms with E-state index in [2.05, 4.69) is 60.7 Å². The number of aryl methyl sites for hydroxylation is 1. The molecule has 2 nitrogen and oxygen atoms in total. The summed E-state index contributed by atoms with van der Waals surface area (Å²) in [4.78, 5) is 0. The molecule has 0 heterocycles. The summed E-state index contributed by atoms with van der Waals surface area (Å²) >= 11 is 0.